The number of carbonyl (C=O) groups is 1. The van der Waals surface area contributed by atoms with Crippen LogP contribution in [0.2, 0.25) is 0 Å². The second-order valence-corrected chi connectivity index (χ2v) is 6.17. The van der Waals surface area contributed by atoms with Crippen LogP contribution in [0.3, 0.4) is 0 Å². The molecule has 0 atom stereocenters. The molecule has 0 aromatic heterocycles. The van der Waals surface area contributed by atoms with E-state index < -0.39 is 0 Å². The normalized spacial score (nSPS) is 18.7. The Kier molecular flexibility index (Phi) is 7.44. The number of rotatable bonds is 6. The van der Waals surface area contributed by atoms with Crippen LogP contribution < -0.4 is 11.1 Å². The first-order valence-electron chi connectivity index (χ1n) is 8.15. The van der Waals surface area contributed by atoms with Gasteiger partial charge in [-0.3, -0.25) is 4.79 Å². The minimum atomic E-state index is 0.0945. The van der Waals surface area contributed by atoms with E-state index in [0.717, 1.165) is 32.2 Å². The Morgan fingerprint density at radius 1 is 1.11 bits per heavy atom. The fraction of sp³-hybridized carbons (Fsp3) is 0.938. The van der Waals surface area contributed by atoms with Crippen LogP contribution in [-0.4, -0.2) is 19.0 Å². The highest BCUT2D eigenvalue weighted by Gasteiger charge is 2.27. The molecule has 3 nitrogen and oxygen atoms in total. The molecule has 0 bridgehead atoms. The van der Waals surface area contributed by atoms with E-state index >= 15 is 0 Å². The Bertz CT molecular complexity index is 245. The number of nitrogens with two attached hydrogens (primary N) is 1. The molecule has 0 radical (unpaired) electrons. The van der Waals surface area contributed by atoms with Gasteiger partial charge in [0, 0.05) is 12.5 Å². The maximum atomic E-state index is 12.3. The van der Waals surface area contributed by atoms with Gasteiger partial charge in [-0.15, -0.1) is 0 Å². The van der Waals surface area contributed by atoms with E-state index in [1.54, 1.807) is 0 Å². The molecule has 1 fully saturated rings. The highest BCUT2D eigenvalue weighted by atomic mass is 16.1. The zero-order valence-corrected chi connectivity index (χ0v) is 12.8. The van der Waals surface area contributed by atoms with Crippen LogP contribution in [0.4, 0.5) is 0 Å². The molecule has 0 saturated heterocycles. The second-order valence-electron chi connectivity index (χ2n) is 6.17. The van der Waals surface area contributed by atoms with Crippen molar-refractivity contribution in [2.45, 2.75) is 71.6 Å². The van der Waals surface area contributed by atoms with Gasteiger partial charge in [0.25, 0.3) is 0 Å². The molecular formula is C16H32N2O. The van der Waals surface area contributed by atoms with Crippen molar-refractivity contribution < 1.29 is 4.79 Å². The van der Waals surface area contributed by atoms with Crippen LogP contribution in [-0.2, 0) is 4.79 Å². The van der Waals surface area contributed by atoms with Gasteiger partial charge >= 0.3 is 0 Å². The van der Waals surface area contributed by atoms with Crippen molar-refractivity contribution >= 4 is 5.91 Å². The van der Waals surface area contributed by atoms with Crippen molar-refractivity contribution in [2.75, 3.05) is 13.1 Å². The summed E-state index contributed by atoms with van der Waals surface area (Å²) in [4.78, 5) is 12.3. The molecule has 0 spiro atoms. The molecule has 0 heterocycles. The average Bonchev–Trinajstić information content (AvgIpc) is 2.40. The van der Waals surface area contributed by atoms with E-state index in [1.165, 1.54) is 32.1 Å². The van der Waals surface area contributed by atoms with Crippen LogP contribution in [0.15, 0.2) is 0 Å². The molecule has 3 N–H and O–H groups in total. The smallest absolute Gasteiger partial charge is 0.223 e. The van der Waals surface area contributed by atoms with Gasteiger partial charge in [0.1, 0.15) is 0 Å². The lowest BCUT2D eigenvalue weighted by Gasteiger charge is -2.31. The molecule has 1 aliphatic carbocycles. The summed E-state index contributed by atoms with van der Waals surface area (Å²) >= 11 is 0. The second kappa shape index (κ2) is 8.57. The Morgan fingerprint density at radius 3 is 2.11 bits per heavy atom. The molecule has 19 heavy (non-hydrogen) atoms. The quantitative estimate of drug-likeness (QED) is 0.777. The third-order valence-electron chi connectivity index (χ3n) is 5.05. The number of carbonyl (C=O) groups excluding carboxylic acids is 1. The maximum Gasteiger partial charge on any atom is 0.223 e. The highest BCUT2D eigenvalue weighted by Crippen LogP contribution is 2.25. The molecule has 1 aliphatic rings. The summed E-state index contributed by atoms with van der Waals surface area (Å²) in [6.45, 7) is 5.73. The van der Waals surface area contributed by atoms with Gasteiger partial charge in [0.05, 0.1) is 0 Å². The first-order chi connectivity index (χ1) is 9.17. The van der Waals surface area contributed by atoms with E-state index in [2.05, 4.69) is 19.2 Å². The van der Waals surface area contributed by atoms with Crippen LogP contribution in [0, 0.1) is 11.3 Å². The number of nitrogens with one attached hydrogen (secondary N) is 1. The molecular weight excluding hydrogens is 236 g/mol. The highest BCUT2D eigenvalue weighted by molar-refractivity contribution is 5.78. The van der Waals surface area contributed by atoms with Gasteiger partial charge in [0.2, 0.25) is 5.91 Å². The summed E-state index contributed by atoms with van der Waals surface area (Å²) < 4.78 is 0. The Balaban J connectivity index is 2.44. The Morgan fingerprint density at radius 2 is 1.63 bits per heavy atom. The summed E-state index contributed by atoms with van der Waals surface area (Å²) in [5, 5.41) is 3.18. The van der Waals surface area contributed by atoms with Crippen LogP contribution in [0.25, 0.3) is 0 Å². The third kappa shape index (κ3) is 5.13. The SMILES string of the molecule is CCC(CC)(CN)CNC(=O)C1CCCCCCC1. The minimum Gasteiger partial charge on any atom is -0.355 e. The lowest BCUT2D eigenvalue weighted by Crippen LogP contribution is -2.43. The minimum absolute atomic E-state index is 0.0945. The number of amides is 1. The molecule has 112 valence electrons. The summed E-state index contributed by atoms with van der Waals surface area (Å²) in [7, 11) is 0. The molecule has 1 saturated carbocycles. The zero-order chi connectivity index (χ0) is 14.1. The van der Waals surface area contributed by atoms with Crippen molar-refractivity contribution in [1.29, 1.82) is 0 Å². The standard InChI is InChI=1S/C16H32N2O/c1-3-16(4-2,12-17)13-18-15(19)14-10-8-6-5-7-9-11-14/h14H,3-13,17H2,1-2H3,(H,18,19). The topological polar surface area (TPSA) is 55.1 Å². The lowest BCUT2D eigenvalue weighted by molar-refractivity contribution is -0.126. The maximum absolute atomic E-state index is 12.3. The van der Waals surface area contributed by atoms with Gasteiger partial charge in [-0.05, 0) is 37.6 Å². The average molecular weight is 268 g/mol. The molecule has 0 aliphatic heterocycles. The van der Waals surface area contributed by atoms with Gasteiger partial charge in [-0.2, -0.15) is 0 Å². The van der Waals surface area contributed by atoms with Crippen LogP contribution in [0.5, 0.6) is 0 Å². The van der Waals surface area contributed by atoms with Gasteiger partial charge in [-0.25, -0.2) is 0 Å². The van der Waals surface area contributed by atoms with Crippen LogP contribution >= 0.6 is 0 Å². The first kappa shape index (κ1) is 16.5. The predicted octanol–water partition coefficient (Wildman–Crippen LogP) is 3.23. The number of hydrogen-bond acceptors (Lipinski definition) is 2. The van der Waals surface area contributed by atoms with E-state index in [-0.39, 0.29) is 17.2 Å². The molecule has 3 heteroatoms. The van der Waals surface area contributed by atoms with E-state index in [0.29, 0.717) is 6.54 Å². The lowest BCUT2D eigenvalue weighted by atomic mass is 9.82. The van der Waals surface area contributed by atoms with Crippen LogP contribution in [0.1, 0.15) is 71.6 Å². The summed E-state index contributed by atoms with van der Waals surface area (Å²) in [6.07, 6.45) is 10.6. The Hall–Kier alpha value is -0.570. The number of hydrogen-bond donors (Lipinski definition) is 2. The predicted molar refractivity (Wildman–Crippen MR) is 80.9 cm³/mol. The molecule has 0 aromatic rings. The summed E-state index contributed by atoms with van der Waals surface area (Å²) in [5.41, 5.74) is 5.98. The Labute approximate surface area is 118 Å². The van der Waals surface area contributed by atoms with Crippen molar-refractivity contribution in [1.82, 2.24) is 5.32 Å². The van der Waals surface area contributed by atoms with Crippen molar-refractivity contribution in [3.63, 3.8) is 0 Å². The summed E-state index contributed by atoms with van der Waals surface area (Å²) in [5.74, 6) is 0.506. The first-order valence-corrected chi connectivity index (χ1v) is 8.15. The van der Waals surface area contributed by atoms with E-state index in [1.807, 2.05) is 0 Å². The molecule has 1 amide bonds. The zero-order valence-electron chi connectivity index (χ0n) is 12.8. The van der Waals surface area contributed by atoms with Crippen molar-refractivity contribution in [2.24, 2.45) is 17.1 Å². The largest absolute Gasteiger partial charge is 0.355 e. The molecule has 0 unspecified atom stereocenters. The molecule has 1 rings (SSSR count). The van der Waals surface area contributed by atoms with E-state index in [4.69, 9.17) is 5.73 Å². The molecule has 0 aromatic carbocycles. The monoisotopic (exact) mass is 268 g/mol. The van der Waals surface area contributed by atoms with Gasteiger partial charge in [-0.1, -0.05) is 46.0 Å². The van der Waals surface area contributed by atoms with Crippen molar-refractivity contribution in [3.05, 3.63) is 0 Å². The van der Waals surface area contributed by atoms with Gasteiger partial charge in [0.15, 0.2) is 0 Å². The van der Waals surface area contributed by atoms with Gasteiger partial charge < -0.3 is 11.1 Å². The third-order valence-corrected chi connectivity index (χ3v) is 5.05. The van der Waals surface area contributed by atoms with E-state index in [9.17, 15) is 4.79 Å². The summed E-state index contributed by atoms with van der Waals surface area (Å²) in [6, 6.07) is 0. The van der Waals surface area contributed by atoms with Crippen molar-refractivity contribution in [3.8, 4) is 0 Å². The fourth-order valence-corrected chi connectivity index (χ4v) is 3.00. The fourth-order valence-electron chi connectivity index (χ4n) is 3.00.